The van der Waals surface area contributed by atoms with Crippen LogP contribution in [0.1, 0.15) is 32.1 Å². The Kier molecular flexibility index (Phi) is 2.63. The third-order valence-corrected chi connectivity index (χ3v) is 3.69. The van der Waals surface area contributed by atoms with E-state index in [1.54, 1.807) is 0 Å². The fourth-order valence-corrected chi connectivity index (χ4v) is 2.93. The van der Waals surface area contributed by atoms with Crippen LogP contribution in [-0.4, -0.2) is 36.1 Å². The standard InChI is InChI=1S/C10H19N3O/c1-13-8-3-2-4-9(13)6-7(5-8)12-10(11)14/h7-9H,2-6H2,1H3,(H3,11,12,14). The minimum absolute atomic E-state index is 0.305. The molecule has 4 nitrogen and oxygen atoms in total. The van der Waals surface area contributed by atoms with Gasteiger partial charge in [-0.3, -0.25) is 0 Å². The van der Waals surface area contributed by atoms with Crippen LogP contribution < -0.4 is 11.1 Å². The maximum Gasteiger partial charge on any atom is 0.312 e. The Balaban J connectivity index is 1.97. The number of piperidine rings is 2. The lowest BCUT2D eigenvalue weighted by molar-refractivity contribution is 0.0512. The van der Waals surface area contributed by atoms with Crippen molar-refractivity contribution in [2.45, 2.75) is 50.2 Å². The number of hydrogen-bond acceptors (Lipinski definition) is 2. The van der Waals surface area contributed by atoms with Crippen LogP contribution in [0, 0.1) is 0 Å². The second-order valence-corrected chi connectivity index (χ2v) is 4.58. The van der Waals surface area contributed by atoms with Crippen molar-refractivity contribution in [1.29, 1.82) is 0 Å². The summed E-state index contributed by atoms with van der Waals surface area (Å²) < 4.78 is 0. The first-order valence-corrected chi connectivity index (χ1v) is 5.44. The number of fused-ring (bicyclic) bond motifs is 2. The zero-order chi connectivity index (χ0) is 10.1. The minimum atomic E-state index is -0.377. The largest absolute Gasteiger partial charge is 0.352 e. The van der Waals surface area contributed by atoms with E-state index < -0.39 is 0 Å². The summed E-state index contributed by atoms with van der Waals surface area (Å²) >= 11 is 0. The Labute approximate surface area is 84.8 Å². The Morgan fingerprint density at radius 2 is 1.93 bits per heavy atom. The quantitative estimate of drug-likeness (QED) is 0.649. The molecule has 2 rings (SSSR count). The zero-order valence-electron chi connectivity index (χ0n) is 8.70. The Bertz CT molecular complexity index is 217. The Morgan fingerprint density at radius 1 is 1.36 bits per heavy atom. The van der Waals surface area contributed by atoms with Crippen molar-refractivity contribution in [2.24, 2.45) is 5.73 Å². The van der Waals surface area contributed by atoms with Gasteiger partial charge < -0.3 is 16.0 Å². The van der Waals surface area contributed by atoms with Gasteiger partial charge in [-0.05, 0) is 32.7 Å². The number of nitrogens with one attached hydrogen (secondary N) is 1. The maximum atomic E-state index is 10.8. The molecule has 2 aliphatic rings. The first-order chi connectivity index (χ1) is 6.66. The molecule has 0 aliphatic carbocycles. The molecule has 2 bridgehead atoms. The van der Waals surface area contributed by atoms with Crippen LogP contribution in [0.3, 0.4) is 0 Å². The lowest BCUT2D eigenvalue weighted by atomic mass is 9.82. The summed E-state index contributed by atoms with van der Waals surface area (Å²) in [4.78, 5) is 13.2. The van der Waals surface area contributed by atoms with Crippen LogP contribution in [-0.2, 0) is 0 Å². The van der Waals surface area contributed by atoms with E-state index in [9.17, 15) is 4.79 Å². The highest BCUT2D eigenvalue weighted by molar-refractivity contribution is 5.71. The zero-order valence-corrected chi connectivity index (χ0v) is 8.70. The number of amides is 2. The fourth-order valence-electron chi connectivity index (χ4n) is 2.93. The van der Waals surface area contributed by atoms with E-state index in [2.05, 4.69) is 17.3 Å². The lowest BCUT2D eigenvalue weighted by Crippen LogP contribution is -2.55. The molecule has 0 saturated carbocycles. The summed E-state index contributed by atoms with van der Waals surface area (Å²) in [5.74, 6) is 0. The van der Waals surface area contributed by atoms with Crippen LogP contribution in [0.2, 0.25) is 0 Å². The second-order valence-electron chi connectivity index (χ2n) is 4.58. The average molecular weight is 197 g/mol. The number of nitrogens with two attached hydrogens (primary N) is 1. The highest BCUT2D eigenvalue weighted by Crippen LogP contribution is 2.32. The average Bonchev–Trinajstić information content (AvgIpc) is 2.05. The van der Waals surface area contributed by atoms with Crippen LogP contribution in [0.5, 0.6) is 0 Å². The third-order valence-electron chi connectivity index (χ3n) is 3.69. The number of hydrogen-bond donors (Lipinski definition) is 2. The summed E-state index contributed by atoms with van der Waals surface area (Å²) in [6, 6.07) is 1.23. The van der Waals surface area contributed by atoms with Crippen LogP contribution in [0.4, 0.5) is 4.79 Å². The highest BCUT2D eigenvalue weighted by Gasteiger charge is 2.36. The van der Waals surface area contributed by atoms with Crippen molar-refractivity contribution in [3.05, 3.63) is 0 Å². The number of nitrogens with zero attached hydrogens (tertiary/aromatic N) is 1. The molecule has 2 unspecified atom stereocenters. The summed E-state index contributed by atoms with van der Waals surface area (Å²) in [6.07, 6.45) is 6.00. The molecule has 3 N–H and O–H groups in total. The molecule has 0 aromatic rings. The van der Waals surface area contributed by atoms with Crippen LogP contribution in [0.25, 0.3) is 0 Å². The van der Waals surface area contributed by atoms with Crippen molar-refractivity contribution >= 4 is 6.03 Å². The van der Waals surface area contributed by atoms with E-state index >= 15 is 0 Å². The van der Waals surface area contributed by atoms with E-state index in [4.69, 9.17) is 5.73 Å². The predicted molar refractivity (Wildman–Crippen MR) is 54.9 cm³/mol. The molecule has 80 valence electrons. The topological polar surface area (TPSA) is 58.4 Å². The highest BCUT2D eigenvalue weighted by atomic mass is 16.2. The van der Waals surface area contributed by atoms with Gasteiger partial charge in [0.25, 0.3) is 0 Å². The van der Waals surface area contributed by atoms with Crippen molar-refractivity contribution in [3.63, 3.8) is 0 Å². The van der Waals surface area contributed by atoms with E-state index in [0.29, 0.717) is 18.1 Å². The molecule has 0 radical (unpaired) electrons. The molecule has 2 saturated heterocycles. The van der Waals surface area contributed by atoms with Gasteiger partial charge in [0.1, 0.15) is 0 Å². The predicted octanol–water partition coefficient (Wildman–Crippen LogP) is 0.670. The summed E-state index contributed by atoms with van der Waals surface area (Å²) in [6.45, 7) is 0. The van der Waals surface area contributed by atoms with Crippen LogP contribution >= 0.6 is 0 Å². The van der Waals surface area contributed by atoms with E-state index in [1.807, 2.05) is 0 Å². The van der Waals surface area contributed by atoms with Crippen molar-refractivity contribution in [2.75, 3.05) is 7.05 Å². The molecule has 2 heterocycles. The van der Waals surface area contributed by atoms with Crippen molar-refractivity contribution < 1.29 is 4.79 Å². The van der Waals surface area contributed by atoms with Gasteiger partial charge >= 0.3 is 6.03 Å². The van der Waals surface area contributed by atoms with E-state index in [1.165, 1.54) is 19.3 Å². The summed E-state index contributed by atoms with van der Waals surface area (Å²) in [7, 11) is 2.20. The smallest absolute Gasteiger partial charge is 0.312 e. The summed E-state index contributed by atoms with van der Waals surface area (Å²) in [5, 5.41) is 2.84. The first-order valence-electron chi connectivity index (χ1n) is 5.44. The number of urea groups is 1. The summed E-state index contributed by atoms with van der Waals surface area (Å²) in [5.41, 5.74) is 5.14. The van der Waals surface area contributed by atoms with Gasteiger partial charge in [0, 0.05) is 18.1 Å². The molecule has 2 amide bonds. The molecule has 0 spiro atoms. The van der Waals surface area contributed by atoms with Gasteiger partial charge in [0.05, 0.1) is 0 Å². The van der Waals surface area contributed by atoms with Crippen LogP contribution in [0.15, 0.2) is 0 Å². The first kappa shape index (κ1) is 9.77. The molecule has 2 aliphatic heterocycles. The van der Waals surface area contributed by atoms with Gasteiger partial charge in [-0.2, -0.15) is 0 Å². The number of carbonyl (C=O) groups excluding carboxylic acids is 1. The van der Waals surface area contributed by atoms with E-state index in [0.717, 1.165) is 12.8 Å². The second kappa shape index (κ2) is 3.77. The molecule has 2 atom stereocenters. The van der Waals surface area contributed by atoms with E-state index in [-0.39, 0.29) is 6.03 Å². The minimum Gasteiger partial charge on any atom is -0.352 e. The number of primary amides is 1. The van der Waals surface area contributed by atoms with Crippen molar-refractivity contribution in [1.82, 2.24) is 10.2 Å². The lowest BCUT2D eigenvalue weighted by Gasteiger charge is -2.47. The molecule has 0 aromatic carbocycles. The van der Waals surface area contributed by atoms with Gasteiger partial charge in [0.2, 0.25) is 0 Å². The number of carbonyl (C=O) groups is 1. The SMILES string of the molecule is CN1C2CCCC1CC(NC(N)=O)C2. The molecule has 0 aromatic heterocycles. The van der Waals surface area contributed by atoms with Crippen molar-refractivity contribution in [3.8, 4) is 0 Å². The fraction of sp³-hybridized carbons (Fsp3) is 0.900. The van der Waals surface area contributed by atoms with Gasteiger partial charge in [-0.1, -0.05) is 6.42 Å². The van der Waals surface area contributed by atoms with Gasteiger partial charge in [-0.15, -0.1) is 0 Å². The monoisotopic (exact) mass is 197 g/mol. The normalized spacial score (nSPS) is 37.9. The molecule has 4 heteroatoms. The molecule has 2 fully saturated rings. The molecular formula is C10H19N3O. The Hall–Kier alpha value is -0.770. The maximum absolute atomic E-state index is 10.8. The third kappa shape index (κ3) is 1.85. The van der Waals surface area contributed by atoms with Gasteiger partial charge in [-0.25, -0.2) is 4.79 Å². The Morgan fingerprint density at radius 3 is 2.43 bits per heavy atom. The van der Waals surface area contributed by atoms with Gasteiger partial charge in [0.15, 0.2) is 0 Å². The molecular weight excluding hydrogens is 178 g/mol. The number of rotatable bonds is 1. The molecule has 14 heavy (non-hydrogen) atoms.